The number of carboxylic acids is 1. The van der Waals surface area contributed by atoms with Gasteiger partial charge in [0.15, 0.2) is 0 Å². The largest absolute Gasteiger partial charge is 0.481 e. The first kappa shape index (κ1) is 13.6. The minimum absolute atomic E-state index is 0.211. The molecule has 18 heavy (non-hydrogen) atoms. The van der Waals surface area contributed by atoms with E-state index in [1.54, 1.807) is 0 Å². The molecule has 1 aliphatic heterocycles. The fraction of sp³-hybridized carbons (Fsp3) is 0.500. The lowest BCUT2D eigenvalue weighted by Crippen LogP contribution is -2.40. The number of hydrogen-bond acceptors (Lipinski definition) is 2. The first-order valence-corrected chi connectivity index (χ1v) is 7.09. The fourth-order valence-corrected chi connectivity index (χ4v) is 2.78. The van der Waals surface area contributed by atoms with Gasteiger partial charge in [-0.2, -0.15) is 0 Å². The van der Waals surface area contributed by atoms with Crippen LogP contribution < -0.4 is 0 Å². The van der Waals surface area contributed by atoms with Crippen molar-refractivity contribution in [1.29, 1.82) is 0 Å². The van der Waals surface area contributed by atoms with E-state index in [1.807, 2.05) is 12.1 Å². The quantitative estimate of drug-likeness (QED) is 0.931. The highest BCUT2D eigenvalue weighted by Gasteiger charge is 2.28. The average Bonchev–Trinajstić information content (AvgIpc) is 2.39. The number of carboxylic acid groups (broad SMARTS) is 1. The first-order valence-electron chi connectivity index (χ1n) is 6.30. The van der Waals surface area contributed by atoms with E-state index in [9.17, 15) is 4.79 Å². The van der Waals surface area contributed by atoms with E-state index in [-0.39, 0.29) is 12.0 Å². The summed E-state index contributed by atoms with van der Waals surface area (Å²) in [6.07, 6.45) is 1.77. The number of halogens is 1. The summed E-state index contributed by atoms with van der Waals surface area (Å²) in [6.45, 7) is 3.79. The molecule has 4 heteroatoms. The Hall–Kier alpha value is -0.870. The highest BCUT2D eigenvalue weighted by Crippen LogP contribution is 2.27. The zero-order valence-electron chi connectivity index (χ0n) is 10.5. The summed E-state index contributed by atoms with van der Waals surface area (Å²) in [4.78, 5) is 13.3. The number of carbonyl (C=O) groups is 1. The molecule has 0 spiro atoms. The van der Waals surface area contributed by atoms with Crippen LogP contribution in [0.2, 0.25) is 0 Å². The molecule has 2 unspecified atom stereocenters. The SMILES string of the molecule is CC(c1ccc(Br)cc1)N1CCCC(C(=O)O)C1. The lowest BCUT2D eigenvalue weighted by atomic mass is 9.95. The van der Waals surface area contributed by atoms with Crippen LogP contribution >= 0.6 is 15.9 Å². The van der Waals surface area contributed by atoms with E-state index in [1.165, 1.54) is 5.56 Å². The van der Waals surface area contributed by atoms with Crippen molar-refractivity contribution < 1.29 is 9.90 Å². The summed E-state index contributed by atoms with van der Waals surface area (Å²) in [7, 11) is 0. The maximum Gasteiger partial charge on any atom is 0.307 e. The van der Waals surface area contributed by atoms with Crippen LogP contribution in [0, 0.1) is 5.92 Å². The summed E-state index contributed by atoms with van der Waals surface area (Å²) in [6, 6.07) is 8.54. The molecule has 2 rings (SSSR count). The molecular weight excluding hydrogens is 294 g/mol. The molecule has 0 aromatic heterocycles. The van der Waals surface area contributed by atoms with Crippen LogP contribution in [0.15, 0.2) is 28.7 Å². The molecule has 1 aromatic rings. The zero-order chi connectivity index (χ0) is 13.1. The predicted molar refractivity (Wildman–Crippen MR) is 74.5 cm³/mol. The summed E-state index contributed by atoms with van der Waals surface area (Å²) in [5, 5.41) is 9.11. The minimum Gasteiger partial charge on any atom is -0.481 e. The minimum atomic E-state index is -0.664. The van der Waals surface area contributed by atoms with Gasteiger partial charge in [0, 0.05) is 17.1 Å². The van der Waals surface area contributed by atoms with E-state index >= 15 is 0 Å². The highest BCUT2D eigenvalue weighted by atomic mass is 79.9. The van der Waals surface area contributed by atoms with Gasteiger partial charge in [0.1, 0.15) is 0 Å². The molecule has 98 valence electrons. The van der Waals surface area contributed by atoms with Gasteiger partial charge in [-0.05, 0) is 44.0 Å². The van der Waals surface area contributed by atoms with E-state index in [0.717, 1.165) is 23.9 Å². The molecule has 1 heterocycles. The molecule has 0 radical (unpaired) electrons. The Morgan fingerprint density at radius 3 is 2.72 bits per heavy atom. The Morgan fingerprint density at radius 1 is 1.44 bits per heavy atom. The van der Waals surface area contributed by atoms with Crippen LogP contribution in [0.1, 0.15) is 31.4 Å². The third-order valence-corrected chi connectivity index (χ3v) is 4.23. The van der Waals surface area contributed by atoms with Gasteiger partial charge in [0.2, 0.25) is 0 Å². The van der Waals surface area contributed by atoms with Gasteiger partial charge in [-0.25, -0.2) is 0 Å². The normalized spacial score (nSPS) is 22.7. The number of aliphatic carboxylic acids is 1. The summed E-state index contributed by atoms with van der Waals surface area (Å²) >= 11 is 3.43. The topological polar surface area (TPSA) is 40.5 Å². The maximum atomic E-state index is 11.1. The van der Waals surface area contributed by atoms with Crippen molar-refractivity contribution >= 4 is 21.9 Å². The number of benzene rings is 1. The molecule has 0 bridgehead atoms. The third kappa shape index (κ3) is 3.12. The second-order valence-electron chi connectivity index (χ2n) is 4.90. The predicted octanol–water partition coefficient (Wildman–Crippen LogP) is 3.31. The van der Waals surface area contributed by atoms with E-state index in [2.05, 4.69) is 39.9 Å². The van der Waals surface area contributed by atoms with Gasteiger partial charge in [0.25, 0.3) is 0 Å². The van der Waals surface area contributed by atoms with Crippen LogP contribution in [0.5, 0.6) is 0 Å². The first-order chi connectivity index (χ1) is 8.58. The standard InChI is InChI=1S/C14H18BrNO2/c1-10(11-4-6-13(15)7-5-11)16-8-2-3-12(9-16)14(17)18/h4-7,10,12H,2-3,8-9H2,1H3,(H,17,18). The van der Waals surface area contributed by atoms with Crippen LogP contribution in [0.3, 0.4) is 0 Å². The van der Waals surface area contributed by atoms with Crippen molar-refractivity contribution in [1.82, 2.24) is 4.90 Å². The zero-order valence-corrected chi connectivity index (χ0v) is 12.1. The van der Waals surface area contributed by atoms with Crippen molar-refractivity contribution in [3.05, 3.63) is 34.3 Å². The van der Waals surface area contributed by atoms with Gasteiger partial charge >= 0.3 is 5.97 Å². The van der Waals surface area contributed by atoms with Gasteiger partial charge < -0.3 is 5.11 Å². The maximum absolute atomic E-state index is 11.1. The number of likely N-dealkylation sites (tertiary alicyclic amines) is 1. The Bertz CT molecular complexity index is 418. The van der Waals surface area contributed by atoms with Crippen molar-refractivity contribution in [3.8, 4) is 0 Å². The molecule has 1 saturated heterocycles. The summed E-state index contributed by atoms with van der Waals surface area (Å²) in [5.41, 5.74) is 1.24. The average molecular weight is 312 g/mol. The Balaban J connectivity index is 2.06. The molecule has 1 aliphatic rings. The Morgan fingerprint density at radius 2 is 2.11 bits per heavy atom. The Labute approximate surface area is 116 Å². The smallest absolute Gasteiger partial charge is 0.307 e. The monoisotopic (exact) mass is 311 g/mol. The number of nitrogens with zero attached hydrogens (tertiary/aromatic N) is 1. The van der Waals surface area contributed by atoms with Crippen LogP contribution in [0.25, 0.3) is 0 Å². The molecular formula is C14H18BrNO2. The number of hydrogen-bond donors (Lipinski definition) is 1. The molecule has 2 atom stereocenters. The van der Waals surface area contributed by atoms with Crippen molar-refractivity contribution in [2.45, 2.75) is 25.8 Å². The van der Waals surface area contributed by atoms with Crippen LogP contribution in [-0.4, -0.2) is 29.1 Å². The summed E-state index contributed by atoms with van der Waals surface area (Å²) in [5.74, 6) is -0.876. The molecule has 0 aliphatic carbocycles. The highest BCUT2D eigenvalue weighted by molar-refractivity contribution is 9.10. The van der Waals surface area contributed by atoms with Gasteiger partial charge in [0.05, 0.1) is 5.92 Å². The number of rotatable bonds is 3. The van der Waals surface area contributed by atoms with Gasteiger partial charge in [-0.3, -0.25) is 9.69 Å². The van der Waals surface area contributed by atoms with E-state index in [4.69, 9.17) is 5.11 Å². The molecule has 1 aromatic carbocycles. The van der Waals surface area contributed by atoms with Gasteiger partial charge in [-0.1, -0.05) is 28.1 Å². The lowest BCUT2D eigenvalue weighted by molar-refractivity contribution is -0.143. The fourth-order valence-electron chi connectivity index (χ4n) is 2.51. The van der Waals surface area contributed by atoms with E-state index in [0.29, 0.717) is 6.54 Å². The molecule has 1 fully saturated rings. The molecule has 1 N–H and O–H groups in total. The second-order valence-corrected chi connectivity index (χ2v) is 5.82. The summed E-state index contributed by atoms with van der Waals surface area (Å²) < 4.78 is 1.07. The third-order valence-electron chi connectivity index (χ3n) is 3.70. The van der Waals surface area contributed by atoms with Crippen LogP contribution in [-0.2, 0) is 4.79 Å². The molecule has 0 amide bonds. The number of piperidine rings is 1. The van der Waals surface area contributed by atoms with Crippen molar-refractivity contribution in [2.24, 2.45) is 5.92 Å². The van der Waals surface area contributed by atoms with Crippen molar-refractivity contribution in [3.63, 3.8) is 0 Å². The van der Waals surface area contributed by atoms with E-state index < -0.39 is 5.97 Å². The van der Waals surface area contributed by atoms with Crippen molar-refractivity contribution in [2.75, 3.05) is 13.1 Å². The van der Waals surface area contributed by atoms with Gasteiger partial charge in [-0.15, -0.1) is 0 Å². The lowest BCUT2D eigenvalue weighted by Gasteiger charge is -2.35. The Kier molecular flexibility index (Phi) is 4.40. The second kappa shape index (κ2) is 5.85. The molecule has 0 saturated carbocycles. The van der Waals surface area contributed by atoms with Crippen LogP contribution in [0.4, 0.5) is 0 Å². The molecule has 3 nitrogen and oxygen atoms in total.